The third kappa shape index (κ3) is 4.40. The van der Waals surface area contributed by atoms with Gasteiger partial charge in [0.1, 0.15) is 5.75 Å². The van der Waals surface area contributed by atoms with E-state index in [1.54, 1.807) is 6.07 Å². The average Bonchev–Trinajstić information content (AvgIpc) is 2.38. The van der Waals surface area contributed by atoms with Gasteiger partial charge in [0.05, 0.1) is 6.10 Å². The summed E-state index contributed by atoms with van der Waals surface area (Å²) in [5.74, 6) is 0.0843. The van der Waals surface area contributed by atoms with Crippen LogP contribution in [0.4, 0.5) is 13.2 Å². The second-order valence-electron chi connectivity index (χ2n) is 5.34. The lowest BCUT2D eigenvalue weighted by atomic mass is 9.84. The number of hydrogen-bond donors (Lipinski definition) is 1. The molecule has 1 aliphatic carbocycles. The molecular weight excluding hydrogens is 269 g/mol. The zero-order chi connectivity index (χ0) is 14.6. The van der Waals surface area contributed by atoms with Gasteiger partial charge in [0.2, 0.25) is 0 Å². The van der Waals surface area contributed by atoms with E-state index in [0.717, 1.165) is 25.7 Å². The lowest BCUT2D eigenvalue weighted by molar-refractivity contribution is -0.275. The Bertz CT molecular complexity index is 425. The van der Waals surface area contributed by atoms with Crippen LogP contribution in [0.3, 0.4) is 0 Å². The summed E-state index contributed by atoms with van der Waals surface area (Å²) in [6.45, 7) is 0. The van der Waals surface area contributed by atoms with E-state index in [4.69, 9.17) is 0 Å². The summed E-state index contributed by atoms with van der Waals surface area (Å²) >= 11 is 0. The van der Waals surface area contributed by atoms with Crippen LogP contribution in [-0.2, 0) is 0 Å². The van der Waals surface area contributed by atoms with Crippen LogP contribution in [-0.4, -0.2) is 11.5 Å². The number of alkyl halides is 3. The van der Waals surface area contributed by atoms with Crippen LogP contribution in [0.2, 0.25) is 0 Å². The van der Waals surface area contributed by atoms with Gasteiger partial charge < -0.3 is 9.84 Å². The summed E-state index contributed by atoms with van der Waals surface area (Å²) in [5.41, 5.74) is 0.218. The second-order valence-corrected chi connectivity index (χ2v) is 5.34. The first kappa shape index (κ1) is 15.2. The van der Waals surface area contributed by atoms with Gasteiger partial charge in [-0.25, -0.2) is 0 Å². The Kier molecular flexibility index (Phi) is 4.91. The molecule has 0 aromatic heterocycles. The highest BCUT2D eigenvalue weighted by Gasteiger charge is 2.33. The molecule has 20 heavy (non-hydrogen) atoms. The monoisotopic (exact) mass is 288 g/mol. The molecular formula is C15H19F3O2. The maximum absolute atomic E-state index is 12.3. The van der Waals surface area contributed by atoms with E-state index in [-0.39, 0.29) is 11.3 Å². The van der Waals surface area contributed by atoms with E-state index < -0.39 is 12.5 Å². The van der Waals surface area contributed by atoms with E-state index in [1.807, 2.05) is 0 Å². The minimum atomic E-state index is -4.74. The van der Waals surface area contributed by atoms with Crippen LogP contribution in [0.25, 0.3) is 0 Å². The summed E-state index contributed by atoms with van der Waals surface area (Å²) in [6.07, 6.45) is 0.422. The summed E-state index contributed by atoms with van der Waals surface area (Å²) in [7, 11) is 0. The van der Waals surface area contributed by atoms with Gasteiger partial charge in [-0.1, -0.05) is 50.3 Å². The zero-order valence-corrected chi connectivity index (χ0v) is 11.2. The molecule has 1 saturated carbocycles. The molecule has 1 atom stereocenters. The maximum Gasteiger partial charge on any atom is 0.573 e. The fourth-order valence-electron chi connectivity index (χ4n) is 2.84. The van der Waals surface area contributed by atoms with Crippen molar-refractivity contribution in [3.05, 3.63) is 29.8 Å². The highest BCUT2D eigenvalue weighted by atomic mass is 19.4. The topological polar surface area (TPSA) is 29.5 Å². The Hall–Kier alpha value is -1.23. The molecule has 1 N–H and O–H groups in total. The zero-order valence-electron chi connectivity index (χ0n) is 11.2. The maximum atomic E-state index is 12.3. The molecule has 1 unspecified atom stereocenters. The van der Waals surface area contributed by atoms with E-state index >= 15 is 0 Å². The quantitative estimate of drug-likeness (QED) is 0.878. The number of para-hydroxylation sites is 1. The Morgan fingerprint density at radius 1 is 1.15 bits per heavy atom. The predicted molar refractivity (Wildman–Crippen MR) is 69.3 cm³/mol. The van der Waals surface area contributed by atoms with Gasteiger partial charge in [-0.15, -0.1) is 13.2 Å². The molecule has 1 aliphatic rings. The van der Waals surface area contributed by atoms with Crippen LogP contribution in [0, 0.1) is 5.92 Å². The Morgan fingerprint density at radius 2 is 1.80 bits per heavy atom. The van der Waals surface area contributed by atoms with Crippen molar-refractivity contribution in [1.29, 1.82) is 0 Å². The molecule has 0 radical (unpaired) electrons. The summed E-state index contributed by atoms with van der Waals surface area (Å²) in [4.78, 5) is 0. The smallest absolute Gasteiger partial charge is 0.405 e. The lowest BCUT2D eigenvalue weighted by Gasteiger charge is -2.25. The molecule has 0 spiro atoms. The van der Waals surface area contributed by atoms with Crippen LogP contribution in [0.5, 0.6) is 5.75 Å². The van der Waals surface area contributed by atoms with E-state index in [2.05, 4.69) is 4.74 Å². The highest BCUT2D eigenvalue weighted by Crippen LogP contribution is 2.36. The number of ether oxygens (including phenoxy) is 1. The fraction of sp³-hybridized carbons (Fsp3) is 0.600. The Balaban J connectivity index is 2.06. The van der Waals surface area contributed by atoms with Gasteiger partial charge in [-0.2, -0.15) is 0 Å². The van der Waals surface area contributed by atoms with Gasteiger partial charge in [0.25, 0.3) is 0 Å². The van der Waals surface area contributed by atoms with Gasteiger partial charge in [-0.3, -0.25) is 0 Å². The molecule has 1 aromatic carbocycles. The van der Waals surface area contributed by atoms with E-state index in [1.165, 1.54) is 24.6 Å². The molecule has 1 fully saturated rings. The van der Waals surface area contributed by atoms with E-state index in [9.17, 15) is 18.3 Å². The number of halogens is 3. The average molecular weight is 288 g/mol. The van der Waals surface area contributed by atoms with Gasteiger partial charge >= 0.3 is 6.36 Å². The lowest BCUT2D eigenvalue weighted by Crippen LogP contribution is -2.19. The van der Waals surface area contributed by atoms with Gasteiger partial charge in [0.15, 0.2) is 0 Å². The van der Waals surface area contributed by atoms with E-state index in [0.29, 0.717) is 12.3 Å². The van der Waals surface area contributed by atoms with Crippen LogP contribution in [0.1, 0.15) is 50.2 Å². The Labute approximate surface area is 116 Å². The molecule has 1 aromatic rings. The SMILES string of the molecule is OC(CC1CCCCC1)c1ccccc1OC(F)(F)F. The number of rotatable bonds is 4. The predicted octanol–water partition coefficient (Wildman–Crippen LogP) is 4.59. The first-order valence-electron chi connectivity index (χ1n) is 6.98. The van der Waals surface area contributed by atoms with Crippen molar-refractivity contribution in [2.24, 2.45) is 5.92 Å². The standard InChI is InChI=1S/C15H19F3O2/c16-15(17,18)20-14-9-5-4-8-12(14)13(19)10-11-6-2-1-3-7-11/h4-5,8-9,11,13,19H,1-3,6-7,10H2. The first-order chi connectivity index (χ1) is 9.46. The van der Waals surface area contributed by atoms with Crippen molar-refractivity contribution in [1.82, 2.24) is 0 Å². The molecule has 0 bridgehead atoms. The summed E-state index contributed by atoms with van der Waals surface area (Å²) in [5, 5.41) is 10.2. The molecule has 112 valence electrons. The minimum Gasteiger partial charge on any atom is -0.405 e. The number of aliphatic hydroxyl groups excluding tert-OH is 1. The first-order valence-corrected chi connectivity index (χ1v) is 6.98. The summed E-state index contributed by atoms with van der Waals surface area (Å²) in [6, 6.07) is 5.82. The third-order valence-electron chi connectivity index (χ3n) is 3.79. The molecule has 0 heterocycles. The van der Waals surface area contributed by atoms with Crippen LogP contribution >= 0.6 is 0 Å². The van der Waals surface area contributed by atoms with Gasteiger partial charge in [-0.05, 0) is 18.4 Å². The van der Waals surface area contributed by atoms with Crippen LogP contribution < -0.4 is 4.74 Å². The van der Waals surface area contributed by atoms with Crippen molar-refractivity contribution < 1.29 is 23.0 Å². The number of hydrogen-bond acceptors (Lipinski definition) is 2. The van der Waals surface area contributed by atoms with Crippen molar-refractivity contribution in [3.8, 4) is 5.75 Å². The van der Waals surface area contributed by atoms with Crippen molar-refractivity contribution in [3.63, 3.8) is 0 Å². The largest absolute Gasteiger partial charge is 0.573 e. The molecule has 5 heteroatoms. The van der Waals surface area contributed by atoms with Crippen molar-refractivity contribution in [2.75, 3.05) is 0 Å². The molecule has 2 nitrogen and oxygen atoms in total. The number of benzene rings is 1. The van der Waals surface area contributed by atoms with Crippen molar-refractivity contribution in [2.45, 2.75) is 51.0 Å². The highest BCUT2D eigenvalue weighted by molar-refractivity contribution is 5.35. The molecule has 0 aliphatic heterocycles. The third-order valence-corrected chi connectivity index (χ3v) is 3.79. The minimum absolute atomic E-state index is 0.218. The molecule has 0 saturated heterocycles. The van der Waals surface area contributed by atoms with Gasteiger partial charge in [0, 0.05) is 5.56 Å². The second kappa shape index (κ2) is 6.48. The Morgan fingerprint density at radius 3 is 2.45 bits per heavy atom. The number of aliphatic hydroxyl groups is 1. The van der Waals surface area contributed by atoms with Crippen LogP contribution in [0.15, 0.2) is 24.3 Å². The van der Waals surface area contributed by atoms with Crippen molar-refractivity contribution >= 4 is 0 Å². The normalized spacial score (nSPS) is 18.8. The summed E-state index contributed by atoms with van der Waals surface area (Å²) < 4.78 is 41.0. The fourth-order valence-corrected chi connectivity index (χ4v) is 2.84. The molecule has 2 rings (SSSR count). The molecule has 0 amide bonds.